The molecule has 4 heterocycles. The molecule has 4 rings (SSSR count). The van der Waals surface area contributed by atoms with Crippen LogP contribution in [0.2, 0.25) is 0 Å². The van der Waals surface area contributed by atoms with Crippen molar-refractivity contribution in [1.82, 2.24) is 19.6 Å². The predicted molar refractivity (Wildman–Crippen MR) is 128 cm³/mol. The number of fused-ring (bicyclic) bond motifs is 1. The van der Waals surface area contributed by atoms with E-state index >= 15 is 0 Å². The Morgan fingerprint density at radius 1 is 1.36 bits per heavy atom. The quantitative estimate of drug-likeness (QED) is 0.371. The average molecular weight is 488 g/mol. The summed E-state index contributed by atoms with van der Waals surface area (Å²) in [7, 11) is 1.25. The summed E-state index contributed by atoms with van der Waals surface area (Å²) in [6, 6.07) is 4.20. The van der Waals surface area contributed by atoms with Crippen molar-refractivity contribution in [3.05, 3.63) is 45.2 Å². The van der Waals surface area contributed by atoms with E-state index in [1.165, 1.54) is 22.5 Å². The highest BCUT2D eigenvalue weighted by molar-refractivity contribution is 8.26. The second kappa shape index (κ2) is 9.32. The minimum atomic E-state index is -0.915. The van der Waals surface area contributed by atoms with Crippen LogP contribution in [0.1, 0.15) is 18.9 Å². The van der Waals surface area contributed by atoms with Crippen molar-refractivity contribution in [2.24, 2.45) is 0 Å². The fourth-order valence-corrected chi connectivity index (χ4v) is 5.12. The van der Waals surface area contributed by atoms with Crippen LogP contribution in [0.5, 0.6) is 0 Å². The molecule has 1 N–H and O–H groups in total. The van der Waals surface area contributed by atoms with Crippen LogP contribution in [0.15, 0.2) is 34.1 Å². The SMILES string of the molecule is CCN1C(=O)/C(=C\c2c(N3CCNC(=O)[C@@H]3CC(=O)OC)nc3ccccn3c2=O)SC1=S. The van der Waals surface area contributed by atoms with E-state index in [0.29, 0.717) is 34.5 Å². The fourth-order valence-electron chi connectivity index (χ4n) is 3.75. The second-order valence-electron chi connectivity index (χ2n) is 7.29. The van der Waals surface area contributed by atoms with Crippen LogP contribution < -0.4 is 15.8 Å². The van der Waals surface area contributed by atoms with Crippen LogP contribution in [0, 0.1) is 0 Å². The molecule has 0 aliphatic carbocycles. The summed E-state index contributed by atoms with van der Waals surface area (Å²) >= 11 is 6.39. The molecule has 2 aromatic rings. The van der Waals surface area contributed by atoms with Crippen molar-refractivity contribution in [1.29, 1.82) is 0 Å². The van der Waals surface area contributed by atoms with Crippen LogP contribution in [0.3, 0.4) is 0 Å². The van der Waals surface area contributed by atoms with Gasteiger partial charge in [0, 0.05) is 25.8 Å². The van der Waals surface area contributed by atoms with Crippen LogP contribution in [0.4, 0.5) is 5.82 Å². The van der Waals surface area contributed by atoms with Gasteiger partial charge in [-0.05, 0) is 25.1 Å². The van der Waals surface area contributed by atoms with Crippen molar-refractivity contribution in [2.45, 2.75) is 19.4 Å². The number of pyridine rings is 1. The Morgan fingerprint density at radius 3 is 2.85 bits per heavy atom. The predicted octanol–water partition coefficient (Wildman–Crippen LogP) is 0.784. The molecule has 0 spiro atoms. The molecule has 2 fully saturated rings. The number of carbonyl (C=O) groups is 3. The number of nitrogens with zero attached hydrogens (tertiary/aromatic N) is 4. The van der Waals surface area contributed by atoms with Crippen molar-refractivity contribution in [3.63, 3.8) is 0 Å². The molecule has 2 aliphatic rings. The lowest BCUT2D eigenvalue weighted by molar-refractivity contribution is -0.143. The van der Waals surface area contributed by atoms with E-state index < -0.39 is 17.6 Å². The van der Waals surface area contributed by atoms with Crippen molar-refractivity contribution in [3.8, 4) is 0 Å². The normalized spacial score (nSPS) is 20.0. The van der Waals surface area contributed by atoms with Gasteiger partial charge in [-0.25, -0.2) is 4.98 Å². The fraction of sp³-hybridized carbons (Fsp3) is 0.333. The Kier molecular flexibility index (Phi) is 6.47. The number of likely N-dealkylation sites (N-methyl/N-ethyl adjacent to an activating group) is 1. The number of amides is 2. The van der Waals surface area contributed by atoms with Gasteiger partial charge in [0.25, 0.3) is 11.5 Å². The lowest BCUT2D eigenvalue weighted by Gasteiger charge is -2.36. The first-order chi connectivity index (χ1) is 15.8. The molecule has 12 heteroatoms. The third-order valence-corrected chi connectivity index (χ3v) is 6.78. The molecule has 10 nitrogen and oxygen atoms in total. The number of nitrogens with one attached hydrogen (secondary N) is 1. The first-order valence-corrected chi connectivity index (χ1v) is 11.5. The minimum absolute atomic E-state index is 0.139. The number of hydrogen-bond acceptors (Lipinski definition) is 9. The van der Waals surface area contributed by atoms with E-state index in [4.69, 9.17) is 17.0 Å². The summed E-state index contributed by atoms with van der Waals surface area (Å²) in [4.78, 5) is 58.9. The maximum atomic E-state index is 13.5. The third kappa shape index (κ3) is 4.23. The first-order valence-electron chi connectivity index (χ1n) is 10.2. The van der Waals surface area contributed by atoms with Crippen LogP contribution in [-0.4, -0.2) is 69.2 Å². The maximum absolute atomic E-state index is 13.5. The molecule has 2 aromatic heterocycles. The second-order valence-corrected chi connectivity index (χ2v) is 8.97. The number of methoxy groups -OCH3 is 1. The van der Waals surface area contributed by atoms with Gasteiger partial charge in [-0.3, -0.25) is 28.5 Å². The summed E-state index contributed by atoms with van der Waals surface area (Å²) < 4.78 is 6.53. The lowest BCUT2D eigenvalue weighted by atomic mass is 10.1. The van der Waals surface area contributed by atoms with Crippen molar-refractivity contribution < 1.29 is 19.1 Å². The third-order valence-electron chi connectivity index (χ3n) is 5.40. The Labute approximate surface area is 198 Å². The van der Waals surface area contributed by atoms with E-state index in [9.17, 15) is 19.2 Å². The van der Waals surface area contributed by atoms with Gasteiger partial charge in [0.1, 0.15) is 21.8 Å². The average Bonchev–Trinajstić information content (AvgIpc) is 3.08. The van der Waals surface area contributed by atoms with E-state index in [0.717, 1.165) is 11.8 Å². The zero-order chi connectivity index (χ0) is 23.7. The zero-order valence-electron chi connectivity index (χ0n) is 17.9. The summed E-state index contributed by atoms with van der Waals surface area (Å²) in [5.41, 5.74) is 0.110. The van der Waals surface area contributed by atoms with E-state index in [1.807, 2.05) is 6.92 Å². The Morgan fingerprint density at radius 2 is 2.15 bits per heavy atom. The molecule has 0 bridgehead atoms. The van der Waals surface area contributed by atoms with Crippen molar-refractivity contribution in [2.75, 3.05) is 31.6 Å². The lowest BCUT2D eigenvalue weighted by Crippen LogP contribution is -2.57. The Hall–Kier alpha value is -3.25. The molecule has 1 atom stereocenters. The van der Waals surface area contributed by atoms with Gasteiger partial charge in [-0.1, -0.05) is 30.0 Å². The summed E-state index contributed by atoms with van der Waals surface area (Å²) in [6.07, 6.45) is 2.84. The molecule has 0 radical (unpaired) electrons. The molecule has 2 saturated heterocycles. The highest BCUT2D eigenvalue weighted by Gasteiger charge is 2.36. The number of anilines is 1. The number of rotatable bonds is 5. The molecular formula is C21H21N5O5S2. The molecule has 0 unspecified atom stereocenters. The number of carbonyl (C=O) groups excluding carboxylic acids is 3. The van der Waals surface area contributed by atoms with Gasteiger partial charge in [0.15, 0.2) is 0 Å². The van der Waals surface area contributed by atoms with Crippen LogP contribution >= 0.6 is 24.0 Å². The van der Waals surface area contributed by atoms with Gasteiger partial charge in [0.2, 0.25) is 5.91 Å². The standard InChI is InChI=1S/C21H21N5O5S2/c1-3-24-20(30)14(33-21(24)32)10-12-17(23-15-6-4-5-8-26(15)19(12)29)25-9-7-22-18(28)13(25)11-16(27)31-2/h4-6,8,10,13H,3,7,9,11H2,1-2H3,(H,22,28)/b14-10+/t13-/m0/s1. The molecule has 33 heavy (non-hydrogen) atoms. The Bertz CT molecular complexity index is 1260. The summed E-state index contributed by atoms with van der Waals surface area (Å²) in [5, 5.41) is 2.74. The summed E-state index contributed by atoms with van der Waals surface area (Å²) in [5.74, 6) is -1.01. The molecule has 172 valence electrons. The summed E-state index contributed by atoms with van der Waals surface area (Å²) in [6.45, 7) is 2.86. The molecule has 0 saturated carbocycles. The number of piperazine rings is 1. The van der Waals surface area contributed by atoms with Crippen LogP contribution in [0.25, 0.3) is 11.7 Å². The molecule has 2 amide bonds. The van der Waals surface area contributed by atoms with E-state index in [2.05, 4.69) is 10.3 Å². The smallest absolute Gasteiger partial charge is 0.308 e. The largest absolute Gasteiger partial charge is 0.469 e. The van der Waals surface area contributed by atoms with Gasteiger partial charge < -0.3 is 15.0 Å². The number of thioether (sulfide) groups is 1. The monoisotopic (exact) mass is 487 g/mol. The van der Waals surface area contributed by atoms with Crippen molar-refractivity contribution >= 4 is 63.6 Å². The van der Waals surface area contributed by atoms with E-state index in [-0.39, 0.29) is 29.6 Å². The van der Waals surface area contributed by atoms with Gasteiger partial charge in [-0.15, -0.1) is 0 Å². The minimum Gasteiger partial charge on any atom is -0.469 e. The van der Waals surface area contributed by atoms with Crippen LogP contribution in [-0.2, 0) is 19.1 Å². The number of aromatic nitrogens is 2. The number of ether oxygens (including phenoxy) is 1. The highest BCUT2D eigenvalue weighted by atomic mass is 32.2. The molecular weight excluding hydrogens is 466 g/mol. The molecule has 0 aromatic carbocycles. The Balaban J connectivity index is 1.90. The zero-order valence-corrected chi connectivity index (χ0v) is 19.6. The molecule has 2 aliphatic heterocycles. The number of hydrogen-bond donors (Lipinski definition) is 1. The van der Waals surface area contributed by atoms with E-state index in [1.54, 1.807) is 29.3 Å². The first kappa shape index (κ1) is 22.9. The van der Waals surface area contributed by atoms with Gasteiger partial charge >= 0.3 is 5.97 Å². The number of thiocarbonyl (C=S) groups is 1. The maximum Gasteiger partial charge on any atom is 0.308 e. The van der Waals surface area contributed by atoms with Gasteiger partial charge in [0.05, 0.1) is 24.0 Å². The topological polar surface area (TPSA) is 113 Å². The highest BCUT2D eigenvalue weighted by Crippen LogP contribution is 2.33. The van der Waals surface area contributed by atoms with Gasteiger partial charge in [-0.2, -0.15) is 0 Å². The number of esters is 1.